The number of nitrogens with one attached hydrogen (secondary N) is 1. The minimum absolute atomic E-state index is 0.529. The second-order valence-corrected chi connectivity index (χ2v) is 6.05. The Bertz CT molecular complexity index is 248. The van der Waals surface area contributed by atoms with Gasteiger partial charge in [-0.3, -0.25) is 0 Å². The molecule has 0 atom stereocenters. The van der Waals surface area contributed by atoms with Crippen LogP contribution in [0.1, 0.15) is 66.2 Å². The van der Waals surface area contributed by atoms with Crippen LogP contribution >= 0.6 is 0 Å². The van der Waals surface area contributed by atoms with Gasteiger partial charge in [0.1, 0.15) is 0 Å². The fourth-order valence-corrected chi connectivity index (χ4v) is 2.64. The lowest BCUT2D eigenvalue weighted by atomic mass is 9.83. The molecule has 1 rings (SSSR count). The molecule has 0 heterocycles. The zero-order valence-corrected chi connectivity index (χ0v) is 12.1. The Hall–Kier alpha value is -0.480. The van der Waals surface area contributed by atoms with Gasteiger partial charge in [0, 0.05) is 24.4 Å². The van der Waals surface area contributed by atoms with E-state index >= 15 is 0 Å². The summed E-state index contributed by atoms with van der Waals surface area (Å²) in [7, 11) is 0. The van der Waals surface area contributed by atoms with Crippen molar-refractivity contribution in [3.63, 3.8) is 0 Å². The fourth-order valence-electron chi connectivity index (χ4n) is 2.64. The first-order chi connectivity index (χ1) is 8.08. The smallest absolute Gasteiger partial charge is 0.0146 e. The summed E-state index contributed by atoms with van der Waals surface area (Å²) >= 11 is 0. The highest BCUT2D eigenvalue weighted by atomic mass is 14.9. The third-order valence-electron chi connectivity index (χ3n) is 3.48. The van der Waals surface area contributed by atoms with Crippen LogP contribution in [0.4, 0.5) is 0 Å². The van der Waals surface area contributed by atoms with Crippen LogP contribution in [0.2, 0.25) is 0 Å². The molecule has 1 saturated carbocycles. The van der Waals surface area contributed by atoms with Gasteiger partial charge in [0.25, 0.3) is 0 Å². The highest BCUT2D eigenvalue weighted by Crippen LogP contribution is 2.27. The maximum atomic E-state index is 3.66. The summed E-state index contributed by atoms with van der Waals surface area (Å²) in [6.45, 7) is 8.81. The van der Waals surface area contributed by atoms with Gasteiger partial charge in [-0.1, -0.05) is 27.7 Å². The molecule has 0 aromatic heterocycles. The number of hydrogen-bond acceptors (Lipinski definition) is 1. The average molecular weight is 235 g/mol. The Kier molecular flexibility index (Phi) is 6.66. The van der Waals surface area contributed by atoms with E-state index in [1.165, 1.54) is 32.1 Å². The van der Waals surface area contributed by atoms with E-state index in [9.17, 15) is 0 Å². The molecule has 0 aromatic carbocycles. The first-order valence-corrected chi connectivity index (χ1v) is 7.32. The molecule has 1 N–H and O–H groups in total. The molecule has 1 aliphatic rings. The van der Waals surface area contributed by atoms with Crippen LogP contribution in [0, 0.1) is 23.7 Å². The molecule has 0 unspecified atom stereocenters. The zero-order valence-electron chi connectivity index (χ0n) is 12.1. The van der Waals surface area contributed by atoms with E-state index in [-0.39, 0.29) is 0 Å². The summed E-state index contributed by atoms with van der Waals surface area (Å²) in [5.74, 6) is 8.03. The molecule has 0 spiro atoms. The fraction of sp³-hybridized carbons (Fsp3) is 0.875. The normalized spacial score (nSPS) is 24.8. The molecule has 1 heteroatoms. The Labute approximate surface area is 108 Å². The molecule has 0 radical (unpaired) electrons. The van der Waals surface area contributed by atoms with Crippen molar-refractivity contribution < 1.29 is 0 Å². The lowest BCUT2D eigenvalue weighted by molar-refractivity contribution is 0.272. The molecule has 0 amide bonds. The van der Waals surface area contributed by atoms with E-state index in [4.69, 9.17) is 0 Å². The van der Waals surface area contributed by atoms with E-state index in [1.807, 2.05) is 0 Å². The van der Waals surface area contributed by atoms with E-state index in [2.05, 4.69) is 44.9 Å². The van der Waals surface area contributed by atoms with Gasteiger partial charge in [0.05, 0.1) is 0 Å². The van der Waals surface area contributed by atoms with Crippen LogP contribution in [0.5, 0.6) is 0 Å². The molecule has 1 nitrogen and oxygen atoms in total. The largest absolute Gasteiger partial charge is 0.312 e. The predicted molar refractivity (Wildman–Crippen MR) is 75.9 cm³/mol. The maximum absolute atomic E-state index is 3.66. The van der Waals surface area contributed by atoms with Crippen molar-refractivity contribution in [2.45, 2.75) is 78.3 Å². The molecule has 0 saturated heterocycles. The van der Waals surface area contributed by atoms with Crippen molar-refractivity contribution in [2.75, 3.05) is 0 Å². The summed E-state index contributed by atoms with van der Waals surface area (Å²) in [5, 5.41) is 3.66. The highest BCUT2D eigenvalue weighted by Gasteiger charge is 2.20. The summed E-state index contributed by atoms with van der Waals surface area (Å²) in [4.78, 5) is 0. The van der Waals surface area contributed by atoms with Gasteiger partial charge in [0.15, 0.2) is 0 Å². The van der Waals surface area contributed by atoms with Gasteiger partial charge in [0.2, 0.25) is 0 Å². The lowest BCUT2D eigenvalue weighted by Crippen LogP contribution is -2.37. The van der Waals surface area contributed by atoms with E-state index in [1.54, 1.807) is 0 Å². The van der Waals surface area contributed by atoms with Crippen LogP contribution in [0.3, 0.4) is 0 Å². The van der Waals surface area contributed by atoms with Crippen molar-refractivity contribution in [3.05, 3.63) is 0 Å². The Balaban J connectivity index is 2.13. The van der Waals surface area contributed by atoms with Crippen LogP contribution in [-0.4, -0.2) is 12.1 Å². The first kappa shape index (κ1) is 14.6. The van der Waals surface area contributed by atoms with Gasteiger partial charge in [-0.2, -0.15) is 0 Å². The summed E-state index contributed by atoms with van der Waals surface area (Å²) < 4.78 is 0. The summed E-state index contributed by atoms with van der Waals surface area (Å²) in [6.07, 6.45) is 7.93. The molecule has 0 aliphatic heterocycles. The van der Waals surface area contributed by atoms with Gasteiger partial charge in [-0.15, -0.1) is 11.8 Å². The van der Waals surface area contributed by atoms with E-state index < -0.39 is 0 Å². The maximum Gasteiger partial charge on any atom is 0.0146 e. The molecule has 0 bridgehead atoms. The van der Waals surface area contributed by atoms with Crippen molar-refractivity contribution in [3.8, 4) is 11.8 Å². The zero-order chi connectivity index (χ0) is 12.7. The molecule has 1 fully saturated rings. The predicted octanol–water partition coefficient (Wildman–Crippen LogP) is 3.98. The summed E-state index contributed by atoms with van der Waals surface area (Å²) in [5.41, 5.74) is 0. The van der Waals surface area contributed by atoms with Gasteiger partial charge in [-0.25, -0.2) is 0 Å². The Morgan fingerprint density at radius 3 is 2.24 bits per heavy atom. The average Bonchev–Trinajstić information content (AvgIpc) is 2.25. The summed E-state index contributed by atoms with van der Waals surface area (Å²) in [6, 6.07) is 1.40. The van der Waals surface area contributed by atoms with Crippen LogP contribution in [0.15, 0.2) is 0 Å². The van der Waals surface area contributed by atoms with Gasteiger partial charge < -0.3 is 5.32 Å². The van der Waals surface area contributed by atoms with Gasteiger partial charge in [-0.05, 0) is 38.0 Å². The third-order valence-corrected chi connectivity index (χ3v) is 3.48. The molecular weight excluding hydrogens is 206 g/mol. The van der Waals surface area contributed by atoms with E-state index in [0.717, 1.165) is 18.4 Å². The second kappa shape index (κ2) is 7.77. The molecule has 98 valence electrons. The van der Waals surface area contributed by atoms with Crippen LogP contribution in [0.25, 0.3) is 0 Å². The standard InChI is InChI=1S/C16H29N/c1-13(2)7-5-6-8-15-9-11-16(12-10-15)17-14(3)4/h13-17H,6,8-12H2,1-4H3. The highest BCUT2D eigenvalue weighted by molar-refractivity contribution is 5.01. The van der Waals surface area contributed by atoms with Crippen molar-refractivity contribution in [1.82, 2.24) is 5.32 Å². The van der Waals surface area contributed by atoms with Crippen LogP contribution < -0.4 is 5.32 Å². The topological polar surface area (TPSA) is 12.0 Å². The molecular formula is C16H29N. The molecule has 0 aromatic rings. The minimum atomic E-state index is 0.529. The monoisotopic (exact) mass is 235 g/mol. The third kappa shape index (κ3) is 6.74. The SMILES string of the molecule is CC(C)C#CCCC1CCC(NC(C)C)CC1. The first-order valence-electron chi connectivity index (χ1n) is 7.32. The van der Waals surface area contributed by atoms with Gasteiger partial charge >= 0.3 is 0 Å². The Morgan fingerprint density at radius 2 is 1.71 bits per heavy atom. The molecule has 17 heavy (non-hydrogen) atoms. The van der Waals surface area contributed by atoms with Crippen molar-refractivity contribution in [1.29, 1.82) is 0 Å². The van der Waals surface area contributed by atoms with Crippen LogP contribution in [-0.2, 0) is 0 Å². The van der Waals surface area contributed by atoms with Crippen molar-refractivity contribution >= 4 is 0 Å². The minimum Gasteiger partial charge on any atom is -0.312 e. The second-order valence-electron chi connectivity index (χ2n) is 6.05. The molecule has 1 aliphatic carbocycles. The quantitative estimate of drug-likeness (QED) is 0.727. The number of hydrogen-bond donors (Lipinski definition) is 1. The lowest BCUT2D eigenvalue weighted by Gasteiger charge is -2.30. The van der Waals surface area contributed by atoms with Crippen molar-refractivity contribution in [2.24, 2.45) is 11.8 Å². The van der Waals surface area contributed by atoms with E-state index in [0.29, 0.717) is 12.0 Å². The Morgan fingerprint density at radius 1 is 1.06 bits per heavy atom. The number of rotatable bonds is 4.